The van der Waals surface area contributed by atoms with Gasteiger partial charge < -0.3 is 9.64 Å². The summed E-state index contributed by atoms with van der Waals surface area (Å²) < 4.78 is 4.70. The Morgan fingerprint density at radius 1 is 0.914 bits per heavy atom. The molecule has 178 valence electrons. The number of esters is 1. The summed E-state index contributed by atoms with van der Waals surface area (Å²) in [6.45, 7) is 2.22. The smallest absolute Gasteiger partial charge is 0.337 e. The fourth-order valence-electron chi connectivity index (χ4n) is 4.15. The van der Waals surface area contributed by atoms with Crippen LogP contribution in [-0.4, -0.2) is 48.3 Å². The van der Waals surface area contributed by atoms with Gasteiger partial charge in [-0.25, -0.2) is 9.69 Å². The van der Waals surface area contributed by atoms with Crippen molar-refractivity contribution in [2.24, 2.45) is 0 Å². The third-order valence-corrected chi connectivity index (χ3v) is 6.09. The van der Waals surface area contributed by atoms with E-state index in [1.807, 2.05) is 49.4 Å². The van der Waals surface area contributed by atoms with E-state index < -0.39 is 23.8 Å². The van der Waals surface area contributed by atoms with Gasteiger partial charge in [-0.2, -0.15) is 0 Å². The first-order valence-electron chi connectivity index (χ1n) is 11.4. The summed E-state index contributed by atoms with van der Waals surface area (Å²) in [6, 6.07) is 22.0. The van der Waals surface area contributed by atoms with Crippen molar-refractivity contribution < 1.29 is 23.9 Å². The van der Waals surface area contributed by atoms with Crippen molar-refractivity contribution in [2.45, 2.75) is 25.8 Å². The van der Waals surface area contributed by atoms with Gasteiger partial charge in [0.15, 0.2) is 0 Å². The Morgan fingerprint density at radius 2 is 1.54 bits per heavy atom. The molecular weight excluding hydrogens is 444 g/mol. The van der Waals surface area contributed by atoms with Crippen LogP contribution in [0.2, 0.25) is 0 Å². The lowest BCUT2D eigenvalue weighted by atomic mass is 10.1. The number of nitrogens with zero attached hydrogens (tertiary/aromatic N) is 2. The lowest BCUT2D eigenvalue weighted by molar-refractivity contribution is -0.122. The van der Waals surface area contributed by atoms with Gasteiger partial charge in [-0.15, -0.1) is 0 Å². The van der Waals surface area contributed by atoms with Gasteiger partial charge in [0.05, 0.1) is 24.8 Å². The number of hydrogen-bond acceptors (Lipinski definition) is 5. The molecule has 0 aromatic heterocycles. The maximum absolute atomic E-state index is 13.5. The molecule has 0 N–H and O–H groups in total. The van der Waals surface area contributed by atoms with E-state index in [2.05, 4.69) is 0 Å². The number of rotatable bonds is 7. The van der Waals surface area contributed by atoms with Crippen molar-refractivity contribution in [2.75, 3.05) is 18.6 Å². The number of ether oxygens (including phenoxy) is 1. The number of imide groups is 1. The van der Waals surface area contributed by atoms with Crippen molar-refractivity contribution >= 4 is 29.4 Å². The van der Waals surface area contributed by atoms with E-state index in [1.165, 1.54) is 36.3 Å². The number of carbonyl (C=O) groups excluding carboxylic acids is 4. The molecule has 0 radical (unpaired) electrons. The Hall–Kier alpha value is -4.26. The molecule has 35 heavy (non-hydrogen) atoms. The van der Waals surface area contributed by atoms with Crippen LogP contribution in [0.15, 0.2) is 78.9 Å². The van der Waals surface area contributed by atoms with Crippen molar-refractivity contribution in [1.82, 2.24) is 4.90 Å². The Labute approximate surface area is 203 Å². The van der Waals surface area contributed by atoms with Gasteiger partial charge in [-0.1, -0.05) is 48.0 Å². The minimum absolute atomic E-state index is 0.107. The van der Waals surface area contributed by atoms with Crippen LogP contribution in [0.25, 0.3) is 0 Å². The quantitative estimate of drug-likeness (QED) is 0.387. The van der Waals surface area contributed by atoms with Gasteiger partial charge in [-0.3, -0.25) is 14.4 Å². The Morgan fingerprint density at radius 3 is 2.17 bits per heavy atom. The average Bonchev–Trinajstić information content (AvgIpc) is 3.18. The van der Waals surface area contributed by atoms with Gasteiger partial charge in [0.1, 0.15) is 6.04 Å². The number of anilines is 1. The second-order valence-corrected chi connectivity index (χ2v) is 8.43. The predicted molar refractivity (Wildman–Crippen MR) is 131 cm³/mol. The molecule has 7 nitrogen and oxygen atoms in total. The first kappa shape index (κ1) is 23.9. The standard InChI is InChI=1S/C28H26N2O5/c1-19-8-10-21(11-9-19)26(32)29(17-16-20-6-4-3-5-7-20)24-18-25(31)30(27(24)33)23-14-12-22(13-15-23)28(34)35-2/h3-15,24H,16-18H2,1-2H3. The molecule has 0 saturated carbocycles. The minimum Gasteiger partial charge on any atom is -0.465 e. The number of carbonyl (C=O) groups is 4. The Balaban J connectivity index is 1.61. The summed E-state index contributed by atoms with van der Waals surface area (Å²) in [6.07, 6.45) is 0.439. The molecule has 1 aliphatic heterocycles. The summed E-state index contributed by atoms with van der Waals surface area (Å²) in [5, 5.41) is 0. The highest BCUT2D eigenvalue weighted by Crippen LogP contribution is 2.27. The van der Waals surface area contributed by atoms with Crippen molar-refractivity contribution in [3.8, 4) is 0 Å². The van der Waals surface area contributed by atoms with Crippen LogP contribution in [-0.2, 0) is 20.7 Å². The van der Waals surface area contributed by atoms with Crippen LogP contribution in [0.1, 0.15) is 38.3 Å². The first-order chi connectivity index (χ1) is 16.9. The van der Waals surface area contributed by atoms with Crippen LogP contribution < -0.4 is 4.90 Å². The molecule has 1 aliphatic rings. The van der Waals surface area contributed by atoms with Gasteiger partial charge in [0.25, 0.3) is 11.8 Å². The third kappa shape index (κ3) is 5.14. The zero-order valence-corrected chi connectivity index (χ0v) is 19.6. The van der Waals surface area contributed by atoms with Crippen LogP contribution in [0.4, 0.5) is 5.69 Å². The van der Waals surface area contributed by atoms with E-state index in [-0.39, 0.29) is 18.9 Å². The SMILES string of the molecule is COC(=O)c1ccc(N2C(=O)CC(N(CCc3ccccc3)C(=O)c3ccc(C)cc3)C2=O)cc1. The Bertz CT molecular complexity index is 1240. The van der Waals surface area contributed by atoms with Crippen molar-refractivity contribution in [1.29, 1.82) is 0 Å². The molecule has 0 bridgehead atoms. The average molecular weight is 471 g/mol. The van der Waals surface area contributed by atoms with E-state index in [0.29, 0.717) is 23.2 Å². The second-order valence-electron chi connectivity index (χ2n) is 8.43. The first-order valence-corrected chi connectivity index (χ1v) is 11.4. The number of methoxy groups -OCH3 is 1. The third-order valence-electron chi connectivity index (χ3n) is 6.09. The second kappa shape index (κ2) is 10.3. The van der Waals surface area contributed by atoms with Crippen LogP contribution >= 0.6 is 0 Å². The normalized spacial score (nSPS) is 15.3. The highest BCUT2D eigenvalue weighted by Gasteiger charge is 2.44. The zero-order chi connectivity index (χ0) is 24.9. The summed E-state index contributed by atoms with van der Waals surface area (Å²) in [5.41, 5.74) is 3.17. The van der Waals surface area contributed by atoms with E-state index in [1.54, 1.807) is 12.1 Å². The summed E-state index contributed by atoms with van der Waals surface area (Å²) in [4.78, 5) is 54.2. The molecule has 1 saturated heterocycles. The summed E-state index contributed by atoms with van der Waals surface area (Å²) in [5.74, 6) is -1.67. The van der Waals surface area contributed by atoms with Crippen LogP contribution in [0.3, 0.4) is 0 Å². The van der Waals surface area contributed by atoms with Gasteiger partial charge in [0, 0.05) is 12.1 Å². The molecule has 0 spiro atoms. The molecule has 3 aromatic rings. The number of amides is 3. The summed E-state index contributed by atoms with van der Waals surface area (Å²) >= 11 is 0. The van der Waals surface area contributed by atoms with E-state index in [9.17, 15) is 19.2 Å². The molecule has 0 aliphatic carbocycles. The van der Waals surface area contributed by atoms with Gasteiger partial charge in [-0.05, 0) is 55.3 Å². The maximum Gasteiger partial charge on any atom is 0.337 e. The highest BCUT2D eigenvalue weighted by molar-refractivity contribution is 6.23. The van der Waals surface area contributed by atoms with E-state index >= 15 is 0 Å². The summed E-state index contributed by atoms with van der Waals surface area (Å²) in [7, 11) is 1.28. The largest absolute Gasteiger partial charge is 0.465 e. The van der Waals surface area contributed by atoms with Gasteiger partial charge >= 0.3 is 5.97 Å². The molecule has 1 fully saturated rings. The molecule has 1 heterocycles. The molecular formula is C28H26N2O5. The highest BCUT2D eigenvalue weighted by atomic mass is 16.5. The zero-order valence-electron chi connectivity index (χ0n) is 19.6. The van der Waals surface area contributed by atoms with Crippen molar-refractivity contribution in [3.05, 3.63) is 101 Å². The van der Waals surface area contributed by atoms with Gasteiger partial charge in [0.2, 0.25) is 5.91 Å². The minimum atomic E-state index is -0.916. The topological polar surface area (TPSA) is 84.0 Å². The van der Waals surface area contributed by atoms with E-state index in [0.717, 1.165) is 16.0 Å². The molecule has 1 atom stereocenters. The lowest BCUT2D eigenvalue weighted by Crippen LogP contribution is -2.46. The Kier molecular flexibility index (Phi) is 7.06. The van der Waals surface area contributed by atoms with Crippen LogP contribution in [0.5, 0.6) is 0 Å². The van der Waals surface area contributed by atoms with Crippen LogP contribution in [0, 0.1) is 6.92 Å². The molecule has 7 heteroatoms. The predicted octanol–water partition coefficient (Wildman–Crippen LogP) is 3.80. The molecule has 3 aromatic carbocycles. The van der Waals surface area contributed by atoms with Crippen molar-refractivity contribution in [3.63, 3.8) is 0 Å². The monoisotopic (exact) mass is 470 g/mol. The lowest BCUT2D eigenvalue weighted by Gasteiger charge is -2.28. The molecule has 4 rings (SSSR count). The maximum atomic E-state index is 13.5. The molecule has 1 unspecified atom stereocenters. The fraction of sp³-hybridized carbons (Fsp3) is 0.214. The number of benzene rings is 3. The number of aryl methyl sites for hydroxylation is 1. The molecule has 3 amide bonds. The number of hydrogen-bond donors (Lipinski definition) is 0. The fourth-order valence-corrected chi connectivity index (χ4v) is 4.15. The van der Waals surface area contributed by atoms with E-state index in [4.69, 9.17) is 4.74 Å².